The van der Waals surface area contributed by atoms with Crippen LogP contribution in [0.1, 0.15) is 278 Å². The van der Waals surface area contributed by atoms with Crippen molar-refractivity contribution < 1.29 is 28.6 Å². The van der Waals surface area contributed by atoms with E-state index in [4.69, 9.17) is 14.2 Å². The van der Waals surface area contributed by atoms with E-state index in [0.29, 0.717) is 19.3 Å². The van der Waals surface area contributed by atoms with E-state index in [2.05, 4.69) is 81.5 Å². The van der Waals surface area contributed by atoms with Gasteiger partial charge in [0.25, 0.3) is 0 Å². The molecule has 0 rings (SSSR count). The highest BCUT2D eigenvalue weighted by molar-refractivity contribution is 5.71. The fraction of sp³-hybridized carbons (Fsp3) is 0.780. The second kappa shape index (κ2) is 53.7. The lowest BCUT2D eigenvalue weighted by atomic mass is 10.0. The fourth-order valence-electron chi connectivity index (χ4n) is 7.78. The van der Waals surface area contributed by atoms with Crippen LogP contribution in [0.3, 0.4) is 0 Å². The van der Waals surface area contributed by atoms with Crippen LogP contribution in [0, 0.1) is 0 Å². The van der Waals surface area contributed by atoms with Crippen molar-refractivity contribution in [3.05, 3.63) is 60.8 Å². The van der Waals surface area contributed by atoms with Gasteiger partial charge in [-0.1, -0.05) is 236 Å². The molecular formula is C59H104O6. The number of hydrogen-bond acceptors (Lipinski definition) is 6. The lowest BCUT2D eigenvalue weighted by molar-refractivity contribution is -0.167. The van der Waals surface area contributed by atoms with Gasteiger partial charge in [0.15, 0.2) is 6.10 Å². The van der Waals surface area contributed by atoms with E-state index in [1.165, 1.54) is 167 Å². The van der Waals surface area contributed by atoms with Gasteiger partial charge in [0.05, 0.1) is 0 Å². The van der Waals surface area contributed by atoms with Crippen molar-refractivity contribution in [1.29, 1.82) is 0 Å². The van der Waals surface area contributed by atoms with E-state index in [0.717, 1.165) is 64.2 Å². The fourth-order valence-corrected chi connectivity index (χ4v) is 7.78. The van der Waals surface area contributed by atoms with Gasteiger partial charge < -0.3 is 14.2 Å². The Hall–Kier alpha value is -2.89. The SMILES string of the molecule is CCCCC/C=C\C/C=C\C/C=C\C/C=C\CCCC(=O)O[C@H](COC(=O)CCCCCCCCC/C=C\CCCCCC)COC(=O)CCCCCCCCCCCCCCCCC. The maximum Gasteiger partial charge on any atom is 0.306 e. The number of allylic oxidation sites excluding steroid dienone is 10. The molecule has 1 atom stereocenters. The van der Waals surface area contributed by atoms with E-state index >= 15 is 0 Å². The van der Waals surface area contributed by atoms with Crippen LogP contribution >= 0.6 is 0 Å². The van der Waals surface area contributed by atoms with Crippen LogP contribution in [0.2, 0.25) is 0 Å². The smallest absolute Gasteiger partial charge is 0.306 e. The summed E-state index contributed by atoms with van der Waals surface area (Å²) in [4.78, 5) is 38.1. The minimum Gasteiger partial charge on any atom is -0.462 e. The predicted molar refractivity (Wildman–Crippen MR) is 279 cm³/mol. The molecule has 0 aliphatic rings. The zero-order valence-corrected chi connectivity index (χ0v) is 43.0. The Labute approximate surface area is 402 Å². The summed E-state index contributed by atoms with van der Waals surface area (Å²) in [6, 6.07) is 0. The largest absolute Gasteiger partial charge is 0.462 e. The highest BCUT2D eigenvalue weighted by Gasteiger charge is 2.19. The van der Waals surface area contributed by atoms with E-state index in [1.807, 2.05) is 0 Å². The summed E-state index contributed by atoms with van der Waals surface area (Å²) in [5.41, 5.74) is 0. The molecular weight excluding hydrogens is 805 g/mol. The first-order chi connectivity index (χ1) is 32.0. The van der Waals surface area contributed by atoms with Crippen LogP contribution in [-0.2, 0) is 28.6 Å². The van der Waals surface area contributed by atoms with Gasteiger partial charge in [0, 0.05) is 19.3 Å². The average Bonchev–Trinajstić information content (AvgIpc) is 3.30. The molecule has 0 bridgehead atoms. The highest BCUT2D eigenvalue weighted by Crippen LogP contribution is 2.15. The second-order valence-electron chi connectivity index (χ2n) is 18.5. The summed E-state index contributed by atoms with van der Waals surface area (Å²) in [5, 5.41) is 0. The summed E-state index contributed by atoms with van der Waals surface area (Å²) >= 11 is 0. The topological polar surface area (TPSA) is 78.9 Å². The number of ether oxygens (including phenoxy) is 3. The van der Waals surface area contributed by atoms with Gasteiger partial charge in [-0.2, -0.15) is 0 Å². The summed E-state index contributed by atoms with van der Waals surface area (Å²) in [5.74, 6) is -0.946. The number of hydrogen-bond donors (Lipinski definition) is 0. The van der Waals surface area contributed by atoms with E-state index in [1.54, 1.807) is 0 Å². The molecule has 0 saturated heterocycles. The molecule has 65 heavy (non-hydrogen) atoms. The molecule has 0 aromatic rings. The Morgan fingerprint density at radius 1 is 0.308 bits per heavy atom. The molecule has 0 unspecified atom stereocenters. The molecule has 376 valence electrons. The molecule has 0 aliphatic heterocycles. The van der Waals surface area contributed by atoms with Crippen LogP contribution in [0.4, 0.5) is 0 Å². The van der Waals surface area contributed by atoms with Crippen molar-refractivity contribution in [1.82, 2.24) is 0 Å². The number of carbonyl (C=O) groups excluding carboxylic acids is 3. The third kappa shape index (κ3) is 51.9. The Balaban J connectivity index is 4.46. The highest BCUT2D eigenvalue weighted by atomic mass is 16.6. The lowest BCUT2D eigenvalue weighted by Gasteiger charge is -2.18. The van der Waals surface area contributed by atoms with Gasteiger partial charge >= 0.3 is 17.9 Å². The number of esters is 3. The molecule has 0 aromatic carbocycles. The van der Waals surface area contributed by atoms with Crippen LogP contribution in [-0.4, -0.2) is 37.2 Å². The van der Waals surface area contributed by atoms with Gasteiger partial charge in [-0.15, -0.1) is 0 Å². The van der Waals surface area contributed by atoms with Gasteiger partial charge in [0.2, 0.25) is 0 Å². The molecule has 0 fully saturated rings. The van der Waals surface area contributed by atoms with Crippen LogP contribution in [0.15, 0.2) is 60.8 Å². The molecule has 0 N–H and O–H groups in total. The average molecular weight is 909 g/mol. The van der Waals surface area contributed by atoms with Crippen molar-refractivity contribution in [2.75, 3.05) is 13.2 Å². The van der Waals surface area contributed by atoms with Crippen LogP contribution in [0.5, 0.6) is 0 Å². The number of rotatable bonds is 50. The molecule has 0 saturated carbocycles. The molecule has 0 aromatic heterocycles. The van der Waals surface area contributed by atoms with Crippen molar-refractivity contribution in [2.45, 2.75) is 284 Å². The Morgan fingerprint density at radius 2 is 0.569 bits per heavy atom. The first kappa shape index (κ1) is 62.1. The normalized spacial score (nSPS) is 12.5. The minimum absolute atomic E-state index is 0.0947. The zero-order valence-electron chi connectivity index (χ0n) is 43.0. The van der Waals surface area contributed by atoms with Crippen molar-refractivity contribution >= 4 is 17.9 Å². The summed E-state index contributed by atoms with van der Waals surface area (Å²) in [6.07, 6.45) is 66.4. The van der Waals surface area contributed by atoms with E-state index < -0.39 is 6.10 Å². The molecule has 0 heterocycles. The van der Waals surface area contributed by atoms with E-state index in [9.17, 15) is 14.4 Å². The molecule has 0 aliphatic carbocycles. The maximum atomic E-state index is 12.8. The molecule has 6 heteroatoms. The van der Waals surface area contributed by atoms with Crippen molar-refractivity contribution in [2.24, 2.45) is 0 Å². The molecule has 0 spiro atoms. The monoisotopic (exact) mass is 909 g/mol. The second-order valence-corrected chi connectivity index (χ2v) is 18.5. The summed E-state index contributed by atoms with van der Waals surface area (Å²) < 4.78 is 16.8. The van der Waals surface area contributed by atoms with Crippen molar-refractivity contribution in [3.63, 3.8) is 0 Å². The molecule has 0 radical (unpaired) electrons. The third-order valence-corrected chi connectivity index (χ3v) is 12.0. The third-order valence-electron chi connectivity index (χ3n) is 12.0. The summed E-state index contributed by atoms with van der Waals surface area (Å²) in [7, 11) is 0. The van der Waals surface area contributed by atoms with Gasteiger partial charge in [-0.3, -0.25) is 14.4 Å². The molecule has 6 nitrogen and oxygen atoms in total. The van der Waals surface area contributed by atoms with Gasteiger partial charge in [-0.05, 0) is 83.5 Å². The zero-order chi connectivity index (χ0) is 47.2. The van der Waals surface area contributed by atoms with Crippen LogP contribution in [0.25, 0.3) is 0 Å². The first-order valence-electron chi connectivity index (χ1n) is 27.8. The number of unbranched alkanes of at least 4 members (excludes halogenated alkanes) is 29. The first-order valence-corrected chi connectivity index (χ1v) is 27.8. The standard InChI is InChI=1S/C59H104O6/c1-4-7-10-13-16-19-22-25-28-29-32-35-38-41-44-47-50-53-59(62)65-56(54-63-57(60)51-48-45-42-39-36-33-30-26-23-20-17-14-11-8-5-2)55-64-58(61)52-49-46-43-40-37-34-31-27-24-21-18-15-12-9-6-3/h16,19-20,23,25,28,32,35,41,44,56H,4-15,17-18,21-22,24,26-27,29-31,33-34,36-40,42-43,45-55H2,1-3H3/b19-16-,23-20-,28-25-,35-32-,44-41-/t56-/m1/s1. The Kier molecular flexibility index (Phi) is 51.3. The quantitative estimate of drug-likeness (QED) is 0.0262. The Morgan fingerprint density at radius 3 is 0.969 bits per heavy atom. The van der Waals surface area contributed by atoms with Crippen LogP contribution < -0.4 is 0 Å². The van der Waals surface area contributed by atoms with Crippen molar-refractivity contribution in [3.8, 4) is 0 Å². The predicted octanol–water partition coefficient (Wildman–Crippen LogP) is 18.4. The minimum atomic E-state index is -0.802. The van der Waals surface area contributed by atoms with Gasteiger partial charge in [0.1, 0.15) is 13.2 Å². The lowest BCUT2D eigenvalue weighted by Crippen LogP contribution is -2.30. The molecule has 0 amide bonds. The number of carbonyl (C=O) groups is 3. The van der Waals surface area contributed by atoms with Gasteiger partial charge in [-0.25, -0.2) is 0 Å². The Bertz CT molecular complexity index is 1180. The maximum absolute atomic E-state index is 12.8. The van der Waals surface area contributed by atoms with E-state index in [-0.39, 0.29) is 37.5 Å². The summed E-state index contributed by atoms with van der Waals surface area (Å²) in [6.45, 7) is 6.57.